The van der Waals surface area contributed by atoms with Crippen molar-refractivity contribution in [3.8, 4) is 0 Å². The summed E-state index contributed by atoms with van der Waals surface area (Å²) in [7, 11) is -9.92. The van der Waals surface area contributed by atoms with Crippen LogP contribution in [0.3, 0.4) is 0 Å². The Bertz CT molecular complexity index is 1880. The molecule has 0 aromatic heterocycles. The van der Waals surface area contributed by atoms with Crippen LogP contribution in [0, 0.1) is 17.8 Å². The molecule has 0 aliphatic rings. The highest BCUT2D eigenvalue weighted by molar-refractivity contribution is 7.47. The van der Waals surface area contributed by atoms with Crippen LogP contribution in [0.5, 0.6) is 0 Å². The first-order valence-electron chi connectivity index (χ1n) is 36.7. The van der Waals surface area contributed by atoms with E-state index in [9.17, 15) is 43.2 Å². The van der Waals surface area contributed by atoms with Gasteiger partial charge in [0.1, 0.15) is 19.3 Å². The fourth-order valence-electron chi connectivity index (χ4n) is 10.4. The predicted octanol–water partition coefficient (Wildman–Crippen LogP) is 20.2. The van der Waals surface area contributed by atoms with Crippen molar-refractivity contribution in [3.05, 3.63) is 24.3 Å². The number of rotatable bonds is 68. The van der Waals surface area contributed by atoms with Gasteiger partial charge < -0.3 is 33.8 Å². The summed E-state index contributed by atoms with van der Waals surface area (Å²) in [6.45, 7) is 11.7. The molecular formula is C72H136O17P2. The molecule has 0 spiro atoms. The maximum atomic E-state index is 13.0. The molecule has 0 saturated heterocycles. The lowest BCUT2D eigenvalue weighted by Gasteiger charge is -2.21. The average molecular weight is 1340 g/mol. The van der Waals surface area contributed by atoms with Crippen LogP contribution in [-0.4, -0.2) is 96.7 Å². The minimum Gasteiger partial charge on any atom is -0.462 e. The number of esters is 4. The van der Waals surface area contributed by atoms with Gasteiger partial charge in [0.2, 0.25) is 0 Å². The molecule has 0 aromatic rings. The Labute approximate surface area is 554 Å². The average Bonchev–Trinajstić information content (AvgIpc) is 3.60. The fraction of sp³-hybridized carbons (Fsp3) is 0.889. The Morgan fingerprint density at radius 3 is 0.890 bits per heavy atom. The lowest BCUT2D eigenvalue weighted by molar-refractivity contribution is -0.161. The summed E-state index contributed by atoms with van der Waals surface area (Å²) in [6, 6.07) is 0. The topological polar surface area (TPSA) is 237 Å². The van der Waals surface area contributed by atoms with Crippen LogP contribution in [0.25, 0.3) is 0 Å². The number of ether oxygens (including phenoxy) is 4. The van der Waals surface area contributed by atoms with Crippen LogP contribution < -0.4 is 0 Å². The molecule has 0 saturated carbocycles. The number of unbranched alkanes of at least 4 members (excludes halogenated alkanes) is 33. The summed E-state index contributed by atoms with van der Waals surface area (Å²) < 4.78 is 68.3. The van der Waals surface area contributed by atoms with E-state index in [2.05, 4.69) is 72.8 Å². The monoisotopic (exact) mass is 1330 g/mol. The Morgan fingerprint density at radius 1 is 0.341 bits per heavy atom. The summed E-state index contributed by atoms with van der Waals surface area (Å²) in [6.07, 6.45) is 49.5. The van der Waals surface area contributed by atoms with E-state index in [1.165, 1.54) is 128 Å². The third-order valence-electron chi connectivity index (χ3n) is 16.0. The van der Waals surface area contributed by atoms with Crippen molar-refractivity contribution in [1.29, 1.82) is 0 Å². The molecule has 0 aromatic carbocycles. The predicted molar refractivity (Wildman–Crippen MR) is 367 cm³/mol. The zero-order valence-corrected chi connectivity index (χ0v) is 60.6. The number of carbonyl (C=O) groups is 4. The summed E-state index contributed by atoms with van der Waals surface area (Å²) >= 11 is 0. The SMILES string of the molecule is CCCCCC/C=C\C=C/CCCCCCCC(=O)O[C@H](COC(=O)CCCCCCCCCCCCC(C)C)COP(=O)(O)OC[C@@H](O)COP(=O)(O)OC[C@@H](COC(=O)CCCCCCCCC(C)C)OC(=O)CCCCCCCCCCCCCC(C)C. The summed E-state index contributed by atoms with van der Waals surface area (Å²) in [5.41, 5.74) is 0. The van der Waals surface area contributed by atoms with Gasteiger partial charge in [-0.3, -0.25) is 37.3 Å². The molecule has 0 amide bonds. The summed E-state index contributed by atoms with van der Waals surface area (Å²) in [5.74, 6) is 0.0412. The van der Waals surface area contributed by atoms with E-state index in [1.807, 2.05) is 0 Å². The zero-order chi connectivity index (χ0) is 67.3. The van der Waals surface area contributed by atoms with Crippen LogP contribution in [0.15, 0.2) is 24.3 Å². The van der Waals surface area contributed by atoms with Crippen LogP contribution in [0.4, 0.5) is 0 Å². The third-order valence-corrected chi connectivity index (χ3v) is 17.9. The minimum atomic E-state index is -4.96. The molecule has 0 bridgehead atoms. The van der Waals surface area contributed by atoms with Gasteiger partial charge in [-0.05, 0) is 69.1 Å². The van der Waals surface area contributed by atoms with Crippen LogP contribution in [-0.2, 0) is 65.4 Å². The van der Waals surface area contributed by atoms with Gasteiger partial charge in [-0.1, -0.05) is 285 Å². The molecule has 91 heavy (non-hydrogen) atoms. The van der Waals surface area contributed by atoms with Crippen molar-refractivity contribution >= 4 is 39.5 Å². The molecule has 17 nitrogen and oxygen atoms in total. The number of allylic oxidation sites excluding steroid dienone is 4. The van der Waals surface area contributed by atoms with E-state index < -0.39 is 97.5 Å². The first-order chi connectivity index (χ1) is 43.7. The number of aliphatic hydroxyl groups is 1. The van der Waals surface area contributed by atoms with E-state index in [4.69, 9.17) is 37.0 Å². The largest absolute Gasteiger partial charge is 0.472 e. The zero-order valence-electron chi connectivity index (χ0n) is 58.8. The number of phosphoric acid groups is 2. The number of phosphoric ester groups is 2. The molecule has 0 aliphatic heterocycles. The Kier molecular flexibility index (Phi) is 60.7. The van der Waals surface area contributed by atoms with Crippen LogP contribution >= 0.6 is 15.6 Å². The smallest absolute Gasteiger partial charge is 0.462 e. The molecule has 0 radical (unpaired) electrons. The molecule has 19 heteroatoms. The van der Waals surface area contributed by atoms with Gasteiger partial charge in [-0.2, -0.15) is 0 Å². The van der Waals surface area contributed by atoms with Crippen molar-refractivity contribution in [2.24, 2.45) is 17.8 Å². The fourth-order valence-corrected chi connectivity index (χ4v) is 11.9. The number of carbonyl (C=O) groups excluding carboxylic acids is 4. The van der Waals surface area contributed by atoms with Gasteiger partial charge in [0.05, 0.1) is 26.4 Å². The first-order valence-corrected chi connectivity index (χ1v) is 39.7. The molecule has 3 N–H and O–H groups in total. The number of aliphatic hydroxyl groups excluding tert-OH is 1. The molecule has 2 unspecified atom stereocenters. The van der Waals surface area contributed by atoms with Gasteiger partial charge in [-0.25, -0.2) is 9.13 Å². The van der Waals surface area contributed by atoms with E-state index in [0.717, 1.165) is 121 Å². The molecule has 536 valence electrons. The molecule has 0 fully saturated rings. The van der Waals surface area contributed by atoms with Gasteiger partial charge in [0.15, 0.2) is 12.2 Å². The lowest BCUT2D eigenvalue weighted by atomic mass is 10.0. The van der Waals surface area contributed by atoms with Gasteiger partial charge in [0.25, 0.3) is 0 Å². The van der Waals surface area contributed by atoms with E-state index in [-0.39, 0.29) is 25.7 Å². The summed E-state index contributed by atoms with van der Waals surface area (Å²) in [5, 5.41) is 10.6. The second-order valence-electron chi connectivity index (χ2n) is 26.7. The summed E-state index contributed by atoms with van der Waals surface area (Å²) in [4.78, 5) is 72.6. The second-order valence-corrected chi connectivity index (χ2v) is 29.6. The molecule has 0 heterocycles. The lowest BCUT2D eigenvalue weighted by Crippen LogP contribution is -2.30. The minimum absolute atomic E-state index is 0.0843. The molecule has 0 rings (SSSR count). The van der Waals surface area contributed by atoms with E-state index >= 15 is 0 Å². The van der Waals surface area contributed by atoms with Crippen LogP contribution in [0.2, 0.25) is 0 Å². The number of hydrogen-bond donors (Lipinski definition) is 3. The molecule has 0 aliphatic carbocycles. The maximum absolute atomic E-state index is 13.0. The van der Waals surface area contributed by atoms with E-state index in [1.54, 1.807) is 0 Å². The Morgan fingerprint density at radius 2 is 0.593 bits per heavy atom. The highest BCUT2D eigenvalue weighted by Crippen LogP contribution is 2.45. The third kappa shape index (κ3) is 66.0. The van der Waals surface area contributed by atoms with Crippen molar-refractivity contribution in [3.63, 3.8) is 0 Å². The van der Waals surface area contributed by atoms with Crippen molar-refractivity contribution in [1.82, 2.24) is 0 Å². The highest BCUT2D eigenvalue weighted by atomic mass is 31.2. The highest BCUT2D eigenvalue weighted by Gasteiger charge is 2.30. The Hall–Kier alpha value is -2.46. The van der Waals surface area contributed by atoms with Crippen molar-refractivity contribution in [2.75, 3.05) is 39.6 Å². The van der Waals surface area contributed by atoms with Crippen molar-refractivity contribution in [2.45, 2.75) is 356 Å². The van der Waals surface area contributed by atoms with Gasteiger partial charge >= 0.3 is 39.5 Å². The van der Waals surface area contributed by atoms with Crippen molar-refractivity contribution < 1.29 is 80.2 Å². The first kappa shape index (κ1) is 88.5. The quantitative estimate of drug-likeness (QED) is 0.0169. The van der Waals surface area contributed by atoms with E-state index in [0.29, 0.717) is 31.6 Å². The molecular weight excluding hydrogens is 1200 g/mol. The molecule has 5 atom stereocenters. The standard InChI is InChI=1S/C72H136O17P2/c1-8-9-10-11-12-13-14-15-16-17-20-27-32-41-48-55-71(76)88-67(59-82-69(74)53-46-39-31-26-23-22-25-30-37-44-51-64(4)5)61-86-90(78,79)84-57-66(73)58-85-91(80,81)87-62-68(60-83-70(75)54-47-40-35-34-38-45-52-65(6)7)89-72(77)56-49-42-33-28-21-18-19-24-29-36-43-50-63(2)3/h13-16,63-68,73H,8-12,17-62H2,1-7H3,(H,78,79)(H,80,81)/b14-13-,16-15-/t66-,67-,68-/m1/s1. The maximum Gasteiger partial charge on any atom is 0.472 e. The second kappa shape index (κ2) is 62.4. The Balaban J connectivity index is 5.29. The van der Waals surface area contributed by atoms with Crippen LogP contribution in [0.1, 0.15) is 337 Å². The van der Waals surface area contributed by atoms with Gasteiger partial charge in [-0.15, -0.1) is 0 Å². The normalized spacial score (nSPS) is 14.3. The van der Waals surface area contributed by atoms with Gasteiger partial charge in [0, 0.05) is 25.7 Å². The number of hydrogen-bond acceptors (Lipinski definition) is 15.